The summed E-state index contributed by atoms with van der Waals surface area (Å²) in [6.07, 6.45) is 8.24. The fourth-order valence-electron chi connectivity index (χ4n) is 5.22. The molecule has 1 nitrogen and oxygen atoms in total. The SMILES string of the molecule is CC=Cc1ccc(-c2ccc(CCC3CCC(c4ccc(OCC)c(F)c4F)CC3)c(F)c2F)cc1. The monoisotopic (exact) mass is 496 g/mol. The summed E-state index contributed by atoms with van der Waals surface area (Å²) in [7, 11) is 0. The number of hydrogen-bond donors (Lipinski definition) is 0. The van der Waals surface area contributed by atoms with E-state index in [0.29, 0.717) is 29.0 Å². The van der Waals surface area contributed by atoms with Gasteiger partial charge in [-0.2, -0.15) is 4.39 Å². The summed E-state index contributed by atoms with van der Waals surface area (Å²) in [5.41, 5.74) is 2.68. The highest BCUT2D eigenvalue weighted by Gasteiger charge is 2.27. The Morgan fingerprint density at radius 1 is 0.806 bits per heavy atom. The minimum Gasteiger partial charge on any atom is -0.491 e. The summed E-state index contributed by atoms with van der Waals surface area (Å²) in [6, 6.07) is 13.8. The molecule has 1 saturated carbocycles. The summed E-state index contributed by atoms with van der Waals surface area (Å²) in [4.78, 5) is 0. The van der Waals surface area contributed by atoms with Gasteiger partial charge in [0.25, 0.3) is 0 Å². The molecule has 1 aliphatic rings. The molecule has 0 amide bonds. The minimum atomic E-state index is -0.925. The smallest absolute Gasteiger partial charge is 0.200 e. The average Bonchev–Trinajstić information content (AvgIpc) is 2.89. The van der Waals surface area contributed by atoms with Crippen LogP contribution in [0.5, 0.6) is 5.75 Å². The van der Waals surface area contributed by atoms with Gasteiger partial charge in [-0.15, -0.1) is 0 Å². The maximum absolute atomic E-state index is 14.9. The molecule has 0 radical (unpaired) electrons. The predicted octanol–water partition coefficient (Wildman–Crippen LogP) is 9.25. The second-order valence-corrected chi connectivity index (χ2v) is 9.49. The molecule has 1 fully saturated rings. The molecule has 190 valence electrons. The average molecular weight is 497 g/mol. The van der Waals surface area contributed by atoms with Gasteiger partial charge >= 0.3 is 0 Å². The lowest BCUT2D eigenvalue weighted by Gasteiger charge is -2.29. The van der Waals surface area contributed by atoms with E-state index < -0.39 is 23.3 Å². The second-order valence-electron chi connectivity index (χ2n) is 9.49. The molecule has 0 atom stereocenters. The topological polar surface area (TPSA) is 9.23 Å². The molecule has 0 heterocycles. The number of aryl methyl sites for hydroxylation is 1. The highest BCUT2D eigenvalue weighted by molar-refractivity contribution is 5.66. The molecule has 4 rings (SSSR count). The fourth-order valence-corrected chi connectivity index (χ4v) is 5.22. The van der Waals surface area contributed by atoms with Crippen LogP contribution in [-0.2, 0) is 6.42 Å². The molecule has 36 heavy (non-hydrogen) atoms. The number of rotatable bonds is 8. The van der Waals surface area contributed by atoms with Crippen molar-refractivity contribution in [3.63, 3.8) is 0 Å². The molecule has 3 aromatic carbocycles. The van der Waals surface area contributed by atoms with Crippen LogP contribution >= 0.6 is 0 Å². The van der Waals surface area contributed by atoms with Crippen molar-refractivity contribution in [1.82, 2.24) is 0 Å². The van der Waals surface area contributed by atoms with Crippen LogP contribution in [0.1, 0.15) is 68.6 Å². The maximum Gasteiger partial charge on any atom is 0.200 e. The first kappa shape index (κ1) is 26.0. The van der Waals surface area contributed by atoms with E-state index in [1.807, 2.05) is 31.2 Å². The molecule has 0 saturated heterocycles. The van der Waals surface area contributed by atoms with Crippen molar-refractivity contribution in [3.05, 3.63) is 94.6 Å². The molecule has 3 aromatic rings. The normalized spacial score (nSPS) is 18.1. The van der Waals surface area contributed by atoms with Crippen molar-refractivity contribution in [3.8, 4) is 16.9 Å². The zero-order valence-electron chi connectivity index (χ0n) is 20.8. The van der Waals surface area contributed by atoms with Crippen molar-refractivity contribution < 1.29 is 22.3 Å². The van der Waals surface area contributed by atoms with Crippen LogP contribution in [0.2, 0.25) is 0 Å². The van der Waals surface area contributed by atoms with Crippen molar-refractivity contribution >= 4 is 6.08 Å². The van der Waals surface area contributed by atoms with Crippen LogP contribution < -0.4 is 4.74 Å². The van der Waals surface area contributed by atoms with Gasteiger partial charge in [0, 0.05) is 5.56 Å². The lowest BCUT2D eigenvalue weighted by Crippen LogP contribution is -2.16. The predicted molar refractivity (Wildman–Crippen MR) is 137 cm³/mol. The third-order valence-corrected chi connectivity index (χ3v) is 7.23. The first-order valence-corrected chi connectivity index (χ1v) is 12.7. The Morgan fingerprint density at radius 2 is 1.53 bits per heavy atom. The Labute approximate surface area is 210 Å². The number of ether oxygens (including phenoxy) is 1. The van der Waals surface area contributed by atoms with Gasteiger partial charge in [-0.05, 0) is 92.5 Å². The molecular weight excluding hydrogens is 464 g/mol. The maximum atomic E-state index is 14.9. The Balaban J connectivity index is 1.36. The summed E-state index contributed by atoms with van der Waals surface area (Å²) in [5.74, 6) is -3.10. The minimum absolute atomic E-state index is 0.0425. The zero-order chi connectivity index (χ0) is 25.7. The van der Waals surface area contributed by atoms with E-state index >= 15 is 0 Å². The van der Waals surface area contributed by atoms with Crippen molar-refractivity contribution in [2.75, 3.05) is 6.61 Å². The largest absolute Gasteiger partial charge is 0.491 e. The summed E-state index contributed by atoms with van der Waals surface area (Å²) in [6.45, 7) is 3.93. The highest BCUT2D eigenvalue weighted by atomic mass is 19.2. The standard InChI is InChI=1S/C31H32F4O/c1-3-5-20-6-11-22(12-7-20)25-17-16-24(28(32)29(25)33)15-10-21-8-13-23(14-9-21)26-18-19-27(36-4-2)31(35)30(26)34/h3,5-7,11-12,16-19,21,23H,4,8-10,13-15H2,1-2H3. The van der Waals surface area contributed by atoms with E-state index in [-0.39, 0.29) is 23.8 Å². The fraction of sp³-hybridized carbons (Fsp3) is 0.355. The third kappa shape index (κ3) is 5.66. The van der Waals surface area contributed by atoms with Gasteiger partial charge in [-0.3, -0.25) is 0 Å². The lowest BCUT2D eigenvalue weighted by atomic mass is 9.76. The van der Waals surface area contributed by atoms with Gasteiger partial charge in [0.15, 0.2) is 23.2 Å². The van der Waals surface area contributed by atoms with Crippen molar-refractivity contribution in [2.45, 2.75) is 58.3 Å². The third-order valence-electron chi connectivity index (χ3n) is 7.23. The second kappa shape index (κ2) is 11.8. The molecule has 0 N–H and O–H groups in total. The van der Waals surface area contributed by atoms with E-state index in [2.05, 4.69) is 0 Å². The van der Waals surface area contributed by atoms with E-state index in [1.165, 1.54) is 6.07 Å². The van der Waals surface area contributed by atoms with Gasteiger partial charge in [0.05, 0.1) is 6.61 Å². The number of hydrogen-bond acceptors (Lipinski definition) is 1. The van der Waals surface area contributed by atoms with Crippen LogP contribution in [0.25, 0.3) is 17.2 Å². The molecule has 0 aromatic heterocycles. The Morgan fingerprint density at radius 3 is 2.19 bits per heavy atom. The first-order valence-electron chi connectivity index (χ1n) is 12.7. The van der Waals surface area contributed by atoms with Gasteiger partial charge in [0.1, 0.15) is 0 Å². The first-order chi connectivity index (χ1) is 17.4. The molecule has 5 heteroatoms. The Bertz CT molecular complexity index is 1210. The molecule has 0 aliphatic heterocycles. The molecule has 0 bridgehead atoms. The van der Waals surface area contributed by atoms with Crippen LogP contribution in [0.4, 0.5) is 17.6 Å². The molecular formula is C31H32F4O. The number of benzene rings is 3. The Kier molecular flexibility index (Phi) is 8.50. The van der Waals surface area contributed by atoms with Gasteiger partial charge in [0.2, 0.25) is 5.82 Å². The van der Waals surface area contributed by atoms with Crippen molar-refractivity contribution in [2.24, 2.45) is 5.92 Å². The lowest BCUT2D eigenvalue weighted by molar-refractivity contribution is 0.296. The van der Waals surface area contributed by atoms with E-state index in [1.54, 1.807) is 37.3 Å². The van der Waals surface area contributed by atoms with Gasteiger partial charge in [-0.1, -0.05) is 54.6 Å². The van der Waals surface area contributed by atoms with Crippen LogP contribution in [0.3, 0.4) is 0 Å². The van der Waals surface area contributed by atoms with Crippen LogP contribution in [0.15, 0.2) is 54.6 Å². The van der Waals surface area contributed by atoms with Gasteiger partial charge < -0.3 is 4.74 Å². The Hall–Kier alpha value is -3.08. The van der Waals surface area contributed by atoms with Crippen LogP contribution in [0, 0.1) is 29.2 Å². The molecule has 0 spiro atoms. The van der Waals surface area contributed by atoms with E-state index in [9.17, 15) is 17.6 Å². The summed E-state index contributed by atoms with van der Waals surface area (Å²) < 4.78 is 63.8. The highest BCUT2D eigenvalue weighted by Crippen LogP contribution is 2.40. The summed E-state index contributed by atoms with van der Waals surface area (Å²) >= 11 is 0. The quantitative estimate of drug-likeness (QED) is 0.282. The molecule has 1 aliphatic carbocycles. The summed E-state index contributed by atoms with van der Waals surface area (Å²) in [5, 5.41) is 0. The number of halogens is 4. The number of allylic oxidation sites excluding steroid dienone is 1. The van der Waals surface area contributed by atoms with Crippen LogP contribution in [-0.4, -0.2) is 6.61 Å². The zero-order valence-corrected chi connectivity index (χ0v) is 20.8. The van der Waals surface area contributed by atoms with Gasteiger partial charge in [-0.25, -0.2) is 13.2 Å². The van der Waals surface area contributed by atoms with E-state index in [0.717, 1.165) is 37.7 Å². The van der Waals surface area contributed by atoms with Crippen molar-refractivity contribution in [1.29, 1.82) is 0 Å². The molecule has 0 unspecified atom stereocenters. The van der Waals surface area contributed by atoms with E-state index in [4.69, 9.17) is 4.74 Å².